The van der Waals surface area contributed by atoms with E-state index in [0.717, 1.165) is 12.8 Å². The first-order valence-electron chi connectivity index (χ1n) is 5.45. The van der Waals surface area contributed by atoms with Gasteiger partial charge in [-0.05, 0) is 12.3 Å². The summed E-state index contributed by atoms with van der Waals surface area (Å²) in [6, 6.07) is 0. The molecule has 0 aliphatic heterocycles. The third kappa shape index (κ3) is 5.84. The Kier molecular flexibility index (Phi) is 7.25. The Bertz CT molecular complexity index is 157. The summed E-state index contributed by atoms with van der Waals surface area (Å²) in [5.74, 6) is 0.527. The lowest BCUT2D eigenvalue weighted by molar-refractivity contribution is 0.0983. The van der Waals surface area contributed by atoms with Crippen LogP contribution in [0.1, 0.15) is 39.5 Å². The maximum atomic E-state index is 11.1. The summed E-state index contributed by atoms with van der Waals surface area (Å²) in [6.45, 7) is 4.88. The lowest BCUT2D eigenvalue weighted by Gasteiger charge is -2.16. The predicted molar refractivity (Wildman–Crippen MR) is 58.3 cm³/mol. The monoisotopic (exact) mass is 201 g/mol. The van der Waals surface area contributed by atoms with Crippen LogP contribution in [0.2, 0.25) is 0 Å². The van der Waals surface area contributed by atoms with Crippen LogP contribution < -0.4 is 0 Å². The molecule has 0 radical (unpaired) electrons. The molecule has 1 unspecified atom stereocenters. The van der Waals surface area contributed by atoms with Crippen molar-refractivity contribution in [3.63, 3.8) is 0 Å². The summed E-state index contributed by atoms with van der Waals surface area (Å²) in [5, 5.41) is 0. The molecule has 0 fully saturated rings. The van der Waals surface area contributed by atoms with Gasteiger partial charge in [-0.3, -0.25) is 0 Å². The molecular formula is C11H23NO2. The van der Waals surface area contributed by atoms with Gasteiger partial charge >= 0.3 is 6.09 Å². The Labute approximate surface area is 87.4 Å². The van der Waals surface area contributed by atoms with Gasteiger partial charge in [-0.15, -0.1) is 0 Å². The molecular weight excluding hydrogens is 178 g/mol. The van der Waals surface area contributed by atoms with Gasteiger partial charge in [0.2, 0.25) is 0 Å². The highest BCUT2D eigenvalue weighted by molar-refractivity contribution is 5.66. The molecule has 0 heterocycles. The number of amides is 1. The van der Waals surface area contributed by atoms with Crippen molar-refractivity contribution >= 4 is 6.09 Å². The van der Waals surface area contributed by atoms with Crippen LogP contribution in [-0.4, -0.2) is 31.7 Å². The maximum absolute atomic E-state index is 11.1. The average Bonchev–Trinajstić information content (AvgIpc) is 2.17. The van der Waals surface area contributed by atoms with Crippen LogP contribution in [0.25, 0.3) is 0 Å². The Morgan fingerprint density at radius 3 is 2.43 bits per heavy atom. The SMILES string of the molecule is CCCCC(CC)COC(=O)N(C)C. The van der Waals surface area contributed by atoms with Crippen LogP contribution in [0.4, 0.5) is 4.79 Å². The van der Waals surface area contributed by atoms with Gasteiger partial charge in [0, 0.05) is 14.1 Å². The lowest BCUT2D eigenvalue weighted by Crippen LogP contribution is -2.25. The van der Waals surface area contributed by atoms with E-state index in [1.165, 1.54) is 17.7 Å². The third-order valence-corrected chi connectivity index (χ3v) is 2.35. The smallest absolute Gasteiger partial charge is 0.409 e. The highest BCUT2D eigenvalue weighted by atomic mass is 16.6. The molecule has 84 valence electrons. The number of hydrogen-bond donors (Lipinski definition) is 0. The summed E-state index contributed by atoms with van der Waals surface area (Å²) >= 11 is 0. The van der Waals surface area contributed by atoms with Crippen molar-refractivity contribution in [3.8, 4) is 0 Å². The summed E-state index contributed by atoms with van der Waals surface area (Å²) in [6.07, 6.45) is 4.44. The third-order valence-electron chi connectivity index (χ3n) is 2.35. The molecule has 0 spiro atoms. The largest absolute Gasteiger partial charge is 0.449 e. The maximum Gasteiger partial charge on any atom is 0.409 e. The molecule has 0 rings (SSSR count). The molecule has 0 N–H and O–H groups in total. The molecule has 0 aliphatic carbocycles. The highest BCUT2D eigenvalue weighted by Gasteiger charge is 2.10. The van der Waals surface area contributed by atoms with E-state index in [-0.39, 0.29) is 6.09 Å². The van der Waals surface area contributed by atoms with Crippen molar-refractivity contribution in [2.24, 2.45) is 5.92 Å². The fourth-order valence-electron chi connectivity index (χ4n) is 1.22. The van der Waals surface area contributed by atoms with Crippen LogP contribution in [0, 0.1) is 5.92 Å². The number of rotatable bonds is 6. The Morgan fingerprint density at radius 2 is 2.00 bits per heavy atom. The van der Waals surface area contributed by atoms with Gasteiger partial charge in [0.15, 0.2) is 0 Å². The zero-order chi connectivity index (χ0) is 11.0. The molecule has 14 heavy (non-hydrogen) atoms. The minimum Gasteiger partial charge on any atom is -0.449 e. The molecule has 0 aromatic rings. The van der Waals surface area contributed by atoms with Gasteiger partial charge in [-0.25, -0.2) is 4.79 Å². The molecule has 0 saturated carbocycles. The van der Waals surface area contributed by atoms with Gasteiger partial charge in [0.1, 0.15) is 0 Å². The number of ether oxygens (including phenoxy) is 1. The number of unbranched alkanes of at least 4 members (excludes halogenated alkanes) is 1. The summed E-state index contributed by atoms with van der Waals surface area (Å²) in [7, 11) is 3.41. The Morgan fingerprint density at radius 1 is 1.36 bits per heavy atom. The van der Waals surface area contributed by atoms with Crippen LogP contribution in [-0.2, 0) is 4.74 Å². The van der Waals surface area contributed by atoms with Crippen LogP contribution >= 0.6 is 0 Å². The summed E-state index contributed by atoms with van der Waals surface area (Å²) in [5.41, 5.74) is 0. The van der Waals surface area contributed by atoms with Crippen molar-refractivity contribution in [1.29, 1.82) is 0 Å². The minimum absolute atomic E-state index is 0.236. The number of carbonyl (C=O) groups excluding carboxylic acids is 1. The van der Waals surface area contributed by atoms with Gasteiger partial charge in [-0.1, -0.05) is 33.1 Å². The van der Waals surface area contributed by atoms with Crippen molar-refractivity contribution in [1.82, 2.24) is 4.90 Å². The van der Waals surface area contributed by atoms with E-state index in [0.29, 0.717) is 12.5 Å². The van der Waals surface area contributed by atoms with Gasteiger partial charge in [0.05, 0.1) is 6.61 Å². The van der Waals surface area contributed by atoms with E-state index in [9.17, 15) is 4.79 Å². The van der Waals surface area contributed by atoms with Gasteiger partial charge < -0.3 is 9.64 Å². The summed E-state index contributed by atoms with van der Waals surface area (Å²) in [4.78, 5) is 12.6. The molecule has 0 saturated heterocycles. The van der Waals surface area contributed by atoms with Gasteiger partial charge in [0.25, 0.3) is 0 Å². The van der Waals surface area contributed by atoms with E-state index in [4.69, 9.17) is 4.74 Å². The van der Waals surface area contributed by atoms with Crippen molar-refractivity contribution in [2.75, 3.05) is 20.7 Å². The van der Waals surface area contributed by atoms with Crippen LogP contribution in [0.3, 0.4) is 0 Å². The van der Waals surface area contributed by atoms with E-state index in [1.54, 1.807) is 14.1 Å². The average molecular weight is 201 g/mol. The van der Waals surface area contributed by atoms with Crippen molar-refractivity contribution in [3.05, 3.63) is 0 Å². The zero-order valence-electron chi connectivity index (χ0n) is 9.88. The minimum atomic E-state index is -0.236. The lowest BCUT2D eigenvalue weighted by atomic mass is 10.0. The van der Waals surface area contributed by atoms with Gasteiger partial charge in [-0.2, -0.15) is 0 Å². The topological polar surface area (TPSA) is 29.5 Å². The zero-order valence-corrected chi connectivity index (χ0v) is 9.88. The first-order chi connectivity index (χ1) is 6.61. The molecule has 0 bridgehead atoms. The van der Waals surface area contributed by atoms with E-state index in [1.807, 2.05) is 0 Å². The molecule has 0 aromatic carbocycles. The van der Waals surface area contributed by atoms with E-state index in [2.05, 4.69) is 13.8 Å². The second kappa shape index (κ2) is 7.65. The number of hydrogen-bond acceptors (Lipinski definition) is 2. The van der Waals surface area contributed by atoms with Crippen LogP contribution in [0.15, 0.2) is 0 Å². The van der Waals surface area contributed by atoms with Crippen molar-refractivity contribution < 1.29 is 9.53 Å². The van der Waals surface area contributed by atoms with Crippen molar-refractivity contribution in [2.45, 2.75) is 39.5 Å². The second-order valence-electron chi connectivity index (χ2n) is 3.89. The predicted octanol–water partition coefficient (Wildman–Crippen LogP) is 2.90. The standard InChI is InChI=1S/C11H23NO2/c1-5-7-8-10(6-2)9-14-11(13)12(3)4/h10H,5-9H2,1-4H3. The fraction of sp³-hybridized carbons (Fsp3) is 0.909. The quantitative estimate of drug-likeness (QED) is 0.661. The molecule has 1 amide bonds. The second-order valence-corrected chi connectivity index (χ2v) is 3.89. The first-order valence-corrected chi connectivity index (χ1v) is 5.45. The van der Waals surface area contributed by atoms with E-state index >= 15 is 0 Å². The molecule has 0 aliphatic rings. The molecule has 1 atom stereocenters. The Balaban J connectivity index is 3.66. The highest BCUT2D eigenvalue weighted by Crippen LogP contribution is 2.12. The normalized spacial score (nSPS) is 12.3. The number of nitrogens with zero attached hydrogens (tertiary/aromatic N) is 1. The number of carbonyl (C=O) groups is 1. The molecule has 0 aromatic heterocycles. The van der Waals surface area contributed by atoms with E-state index < -0.39 is 0 Å². The molecule has 3 nitrogen and oxygen atoms in total. The fourth-order valence-corrected chi connectivity index (χ4v) is 1.22. The summed E-state index contributed by atoms with van der Waals surface area (Å²) < 4.78 is 5.14. The van der Waals surface area contributed by atoms with Crippen LogP contribution in [0.5, 0.6) is 0 Å². The Hall–Kier alpha value is -0.730. The first kappa shape index (κ1) is 13.3. The molecule has 3 heteroatoms.